The van der Waals surface area contributed by atoms with Crippen molar-refractivity contribution in [3.8, 4) is 34.6 Å². The van der Waals surface area contributed by atoms with Crippen molar-refractivity contribution in [2.45, 2.75) is 26.7 Å². The first kappa shape index (κ1) is 30.9. The standard InChI is InChI=1S/C42H24F4N4/c1-22-11-23(2)13-27(12-22)25-3-5-32-36(17-25)40(49-20-47)34-9-7-31-30(38(32)34)8-10-35-39(31)33-6-4-26(18-37(33)41(35)50-21-48)28-14-24(19-43)15-29(16-28)42(44,45)46/h3-18H,19H2,1-2H3/b49-40-,50-41-. The van der Waals surface area contributed by atoms with Crippen LogP contribution in [0.2, 0.25) is 0 Å². The molecule has 8 aromatic rings. The van der Waals surface area contributed by atoms with Crippen LogP contribution in [0.15, 0.2) is 107 Å². The molecule has 0 bridgehead atoms. The lowest BCUT2D eigenvalue weighted by molar-refractivity contribution is -0.137. The van der Waals surface area contributed by atoms with Gasteiger partial charge < -0.3 is 0 Å². The Morgan fingerprint density at radius 2 is 0.960 bits per heavy atom. The Kier molecular flexibility index (Phi) is 7.02. The second-order valence-electron chi connectivity index (χ2n) is 12.6. The zero-order valence-corrected chi connectivity index (χ0v) is 26.7. The van der Waals surface area contributed by atoms with E-state index in [2.05, 4.69) is 60.2 Å². The highest BCUT2D eigenvalue weighted by Gasteiger charge is 2.31. The Morgan fingerprint density at radius 3 is 1.42 bits per heavy atom. The predicted octanol–water partition coefficient (Wildman–Crippen LogP) is 10.5. The number of hydrogen-bond donors (Lipinski definition) is 0. The summed E-state index contributed by atoms with van der Waals surface area (Å²) in [5, 5.41) is 28.7. The van der Waals surface area contributed by atoms with E-state index in [9.17, 15) is 28.1 Å². The van der Waals surface area contributed by atoms with E-state index in [1.54, 1.807) is 12.1 Å². The van der Waals surface area contributed by atoms with Crippen molar-refractivity contribution in [1.29, 1.82) is 10.5 Å². The van der Waals surface area contributed by atoms with Crippen LogP contribution in [0.25, 0.3) is 76.1 Å². The maximum atomic E-state index is 13.7. The second kappa shape index (κ2) is 11.4. The smallest absolute Gasteiger partial charge is 0.246 e. The van der Waals surface area contributed by atoms with Gasteiger partial charge in [0, 0.05) is 21.5 Å². The molecule has 0 unspecified atom stereocenters. The number of nitriles is 2. The van der Waals surface area contributed by atoms with Crippen LogP contribution >= 0.6 is 0 Å². The van der Waals surface area contributed by atoms with Crippen LogP contribution in [0, 0.1) is 36.8 Å². The predicted molar refractivity (Wildman–Crippen MR) is 189 cm³/mol. The van der Waals surface area contributed by atoms with Gasteiger partial charge in [0.1, 0.15) is 6.67 Å². The van der Waals surface area contributed by atoms with E-state index < -0.39 is 18.4 Å². The first-order valence-electron chi connectivity index (χ1n) is 15.8. The molecule has 8 heteroatoms. The summed E-state index contributed by atoms with van der Waals surface area (Å²) in [5.41, 5.74) is 4.04. The molecular formula is C42H24F4N4. The van der Waals surface area contributed by atoms with Crippen molar-refractivity contribution in [1.82, 2.24) is 0 Å². The lowest BCUT2D eigenvalue weighted by atomic mass is 9.96. The van der Waals surface area contributed by atoms with E-state index in [4.69, 9.17) is 0 Å². The number of aryl methyl sites for hydroxylation is 2. The van der Waals surface area contributed by atoms with Gasteiger partial charge in [0.05, 0.1) is 16.3 Å². The Balaban J connectivity index is 1.42. The normalized spacial score (nSPS) is 12.9. The van der Waals surface area contributed by atoms with Gasteiger partial charge in [-0.25, -0.2) is 4.39 Å². The Labute approximate surface area is 282 Å². The third-order valence-corrected chi connectivity index (χ3v) is 9.49. The van der Waals surface area contributed by atoms with Gasteiger partial charge >= 0.3 is 6.18 Å². The molecule has 0 heterocycles. The lowest BCUT2D eigenvalue weighted by Gasteiger charge is -2.11. The molecule has 0 spiro atoms. The molecule has 0 aliphatic carbocycles. The van der Waals surface area contributed by atoms with Gasteiger partial charge in [-0.1, -0.05) is 77.9 Å². The molecule has 0 fully saturated rings. The van der Waals surface area contributed by atoms with Crippen LogP contribution in [-0.2, 0) is 12.9 Å². The third kappa shape index (κ3) is 4.80. The van der Waals surface area contributed by atoms with Crippen molar-refractivity contribution in [2.75, 3.05) is 0 Å². The molecule has 0 aromatic heterocycles. The maximum Gasteiger partial charge on any atom is 0.416 e. The van der Waals surface area contributed by atoms with Gasteiger partial charge in [0.15, 0.2) is 0 Å². The maximum absolute atomic E-state index is 13.7. The minimum atomic E-state index is -4.64. The van der Waals surface area contributed by atoms with Crippen molar-refractivity contribution < 1.29 is 17.6 Å². The van der Waals surface area contributed by atoms with E-state index >= 15 is 0 Å². The SMILES string of the molecule is Cc1cc(C)cc(-c2ccc3c(c2)/c(=N\C#N)c2ccc4c(ccc5/c(=N/C#N)c6cc(-c7cc(CF)cc(C(F)(F)F)c7)ccc6c54)c23)c1. The van der Waals surface area contributed by atoms with Crippen molar-refractivity contribution in [3.05, 3.63) is 130 Å². The molecule has 8 rings (SSSR count). The molecule has 0 N–H and O–H groups in total. The monoisotopic (exact) mass is 660 g/mol. The number of halogens is 4. The van der Waals surface area contributed by atoms with E-state index in [-0.39, 0.29) is 11.1 Å². The van der Waals surface area contributed by atoms with Crippen molar-refractivity contribution >= 4 is 53.9 Å². The topological polar surface area (TPSA) is 72.3 Å². The number of fused-ring (bicyclic) bond motifs is 9. The van der Waals surface area contributed by atoms with Gasteiger partial charge in [-0.3, -0.25) is 0 Å². The average molecular weight is 661 g/mol. The minimum absolute atomic E-state index is 0.0786. The summed E-state index contributed by atoms with van der Waals surface area (Å²) in [5.74, 6) is 0. The molecular weight excluding hydrogens is 636 g/mol. The van der Waals surface area contributed by atoms with Gasteiger partial charge in [0.2, 0.25) is 12.4 Å². The Morgan fingerprint density at radius 1 is 0.520 bits per heavy atom. The quantitative estimate of drug-likeness (QED) is 0.140. The van der Waals surface area contributed by atoms with Crippen LogP contribution in [0.3, 0.4) is 0 Å². The fraction of sp³-hybridized carbons (Fsp3) is 0.0952. The summed E-state index contributed by atoms with van der Waals surface area (Å²) in [6, 6.07) is 28.9. The van der Waals surface area contributed by atoms with Crippen LogP contribution in [0.4, 0.5) is 17.6 Å². The van der Waals surface area contributed by atoms with E-state index in [0.717, 1.165) is 77.5 Å². The molecule has 0 atom stereocenters. The summed E-state index contributed by atoms with van der Waals surface area (Å²) in [7, 11) is 0. The van der Waals surface area contributed by atoms with Gasteiger partial charge in [-0.2, -0.15) is 33.7 Å². The molecule has 0 amide bonds. The number of rotatable bonds is 3. The number of nitrogens with zero attached hydrogens (tertiary/aromatic N) is 4. The fourth-order valence-corrected chi connectivity index (χ4v) is 7.53. The minimum Gasteiger partial charge on any atom is -0.246 e. The first-order chi connectivity index (χ1) is 24.1. The zero-order valence-electron chi connectivity index (χ0n) is 26.7. The third-order valence-electron chi connectivity index (χ3n) is 9.49. The molecule has 50 heavy (non-hydrogen) atoms. The van der Waals surface area contributed by atoms with Crippen LogP contribution in [0.5, 0.6) is 0 Å². The van der Waals surface area contributed by atoms with Gasteiger partial charge in [-0.15, -0.1) is 0 Å². The Bertz CT molecular complexity index is 2930. The molecule has 0 saturated carbocycles. The van der Waals surface area contributed by atoms with Crippen molar-refractivity contribution in [3.63, 3.8) is 0 Å². The van der Waals surface area contributed by atoms with Gasteiger partial charge in [0.25, 0.3) is 0 Å². The molecule has 8 aromatic carbocycles. The van der Waals surface area contributed by atoms with Crippen molar-refractivity contribution in [2.24, 2.45) is 9.98 Å². The molecule has 0 saturated heterocycles. The Hall–Kier alpha value is -6.38. The highest BCUT2D eigenvalue weighted by Crippen LogP contribution is 2.40. The summed E-state index contributed by atoms with van der Waals surface area (Å²) in [6.45, 7) is 3.08. The number of alkyl halides is 4. The lowest BCUT2D eigenvalue weighted by Crippen LogP contribution is -2.06. The zero-order chi connectivity index (χ0) is 34.9. The fourth-order valence-electron chi connectivity index (χ4n) is 7.53. The first-order valence-corrected chi connectivity index (χ1v) is 15.8. The second-order valence-corrected chi connectivity index (χ2v) is 12.6. The summed E-state index contributed by atoms with van der Waals surface area (Å²) >= 11 is 0. The largest absolute Gasteiger partial charge is 0.416 e. The van der Waals surface area contributed by atoms with E-state index in [1.807, 2.05) is 42.7 Å². The molecule has 0 radical (unpaired) electrons. The number of hydrogen-bond acceptors (Lipinski definition) is 4. The highest BCUT2D eigenvalue weighted by atomic mass is 19.4. The molecule has 4 nitrogen and oxygen atoms in total. The van der Waals surface area contributed by atoms with Gasteiger partial charge in [-0.05, 0) is 104 Å². The molecule has 0 aliphatic heterocycles. The van der Waals surface area contributed by atoms with Crippen LogP contribution in [-0.4, -0.2) is 0 Å². The summed E-state index contributed by atoms with van der Waals surface area (Å²) in [6.07, 6.45) is -0.765. The highest BCUT2D eigenvalue weighted by molar-refractivity contribution is 6.31. The molecule has 240 valence electrons. The summed E-state index contributed by atoms with van der Waals surface area (Å²) < 4.78 is 54.7. The van der Waals surface area contributed by atoms with E-state index in [0.29, 0.717) is 27.1 Å². The van der Waals surface area contributed by atoms with E-state index in [1.165, 1.54) is 6.07 Å². The molecule has 0 aliphatic rings. The van der Waals surface area contributed by atoms with Crippen LogP contribution in [0.1, 0.15) is 22.3 Å². The average Bonchev–Trinajstić information content (AvgIpc) is 3.59. The van der Waals surface area contributed by atoms with Crippen LogP contribution < -0.4 is 10.7 Å². The summed E-state index contributed by atoms with van der Waals surface area (Å²) in [4.78, 5) is 8.43. The number of benzene rings is 6.